The second kappa shape index (κ2) is 10.7. The molecule has 1 aliphatic rings. The highest BCUT2D eigenvalue weighted by Gasteiger charge is 2.23. The van der Waals surface area contributed by atoms with E-state index in [4.69, 9.17) is 5.73 Å². The number of hydrogen-bond donors (Lipinski definition) is 2. The van der Waals surface area contributed by atoms with Crippen molar-refractivity contribution in [2.75, 3.05) is 39.0 Å². The van der Waals surface area contributed by atoms with Gasteiger partial charge in [0.15, 0.2) is 0 Å². The van der Waals surface area contributed by atoms with Crippen LogP contribution in [0.25, 0.3) is 0 Å². The van der Waals surface area contributed by atoms with Crippen molar-refractivity contribution >= 4 is 17.5 Å². The van der Waals surface area contributed by atoms with E-state index < -0.39 is 5.91 Å². The van der Waals surface area contributed by atoms with Crippen LogP contribution in [0.5, 0.6) is 0 Å². The van der Waals surface area contributed by atoms with E-state index in [1.807, 2.05) is 36.0 Å². The number of primary amides is 1. The highest BCUT2D eigenvalue weighted by atomic mass is 16.2. The number of likely N-dealkylation sites (tertiary alicyclic amines) is 1. The van der Waals surface area contributed by atoms with Gasteiger partial charge in [0.25, 0.3) is 5.91 Å². The van der Waals surface area contributed by atoms with E-state index in [0.29, 0.717) is 12.1 Å². The smallest absolute Gasteiger partial charge is 0.250 e. The summed E-state index contributed by atoms with van der Waals surface area (Å²) in [6, 6.07) is 5.78. The number of rotatable bonds is 7. The Balaban J connectivity index is 1.99. The van der Waals surface area contributed by atoms with Gasteiger partial charge in [0, 0.05) is 36.8 Å². The van der Waals surface area contributed by atoms with Gasteiger partial charge in [0.1, 0.15) is 0 Å². The second-order valence-electron chi connectivity index (χ2n) is 7.57. The number of nitrogens with two attached hydrogens (primary N) is 1. The lowest BCUT2D eigenvalue weighted by molar-refractivity contribution is -0.132. The molecule has 1 heterocycles. The number of benzene rings is 1. The van der Waals surface area contributed by atoms with Crippen LogP contribution in [0.15, 0.2) is 18.2 Å². The molecule has 0 aliphatic carbocycles. The molecular weight excluding hydrogens is 352 g/mol. The molecule has 3 N–H and O–H groups in total. The molecule has 0 unspecified atom stereocenters. The molecule has 6 heteroatoms. The molecule has 2 rings (SSSR count). The Kier molecular flexibility index (Phi) is 8.34. The third-order valence-electron chi connectivity index (χ3n) is 4.83. The van der Waals surface area contributed by atoms with E-state index in [-0.39, 0.29) is 11.9 Å². The fourth-order valence-corrected chi connectivity index (χ4v) is 3.25. The van der Waals surface area contributed by atoms with Crippen molar-refractivity contribution in [1.82, 2.24) is 9.80 Å². The van der Waals surface area contributed by atoms with E-state index in [9.17, 15) is 9.59 Å². The minimum absolute atomic E-state index is 0.160. The van der Waals surface area contributed by atoms with E-state index >= 15 is 0 Å². The molecule has 0 spiro atoms. The Morgan fingerprint density at radius 1 is 1.29 bits per heavy atom. The van der Waals surface area contributed by atoms with Gasteiger partial charge in [-0.1, -0.05) is 25.2 Å². The molecule has 2 amide bonds. The van der Waals surface area contributed by atoms with Crippen LogP contribution in [0.2, 0.25) is 0 Å². The van der Waals surface area contributed by atoms with Gasteiger partial charge in [-0.05, 0) is 51.6 Å². The number of nitrogens with zero attached hydrogens (tertiary/aromatic N) is 2. The largest absolute Gasteiger partial charge is 0.382 e. The fourth-order valence-electron chi connectivity index (χ4n) is 3.25. The zero-order valence-electron chi connectivity index (χ0n) is 17.3. The Bertz CT molecular complexity index is 741. The van der Waals surface area contributed by atoms with E-state index in [1.54, 1.807) is 6.07 Å². The SMILES string of the molecule is CCCCC#Cc1ccc(NC2CCN(C(=O)CN(C)C)CC2)c(C(N)=O)c1. The van der Waals surface area contributed by atoms with E-state index in [0.717, 1.165) is 56.4 Å². The number of nitrogens with one attached hydrogen (secondary N) is 1. The molecule has 0 saturated carbocycles. The summed E-state index contributed by atoms with van der Waals surface area (Å²) in [5.74, 6) is 5.94. The van der Waals surface area contributed by atoms with Crippen molar-refractivity contribution in [1.29, 1.82) is 0 Å². The van der Waals surface area contributed by atoms with Crippen LogP contribution in [-0.4, -0.2) is 61.4 Å². The highest BCUT2D eigenvalue weighted by Crippen LogP contribution is 2.22. The van der Waals surface area contributed by atoms with Crippen LogP contribution in [0, 0.1) is 11.8 Å². The van der Waals surface area contributed by atoms with Gasteiger partial charge in [-0.2, -0.15) is 0 Å². The van der Waals surface area contributed by atoms with Crippen LogP contribution in [0.1, 0.15) is 54.9 Å². The number of anilines is 1. The normalized spacial score (nSPS) is 14.5. The highest BCUT2D eigenvalue weighted by molar-refractivity contribution is 5.99. The molecule has 28 heavy (non-hydrogen) atoms. The van der Waals surface area contributed by atoms with Crippen molar-refractivity contribution in [3.8, 4) is 11.8 Å². The first-order valence-electron chi connectivity index (χ1n) is 10.0. The zero-order chi connectivity index (χ0) is 20.5. The van der Waals surface area contributed by atoms with Crippen LogP contribution in [-0.2, 0) is 4.79 Å². The van der Waals surface area contributed by atoms with E-state index in [1.165, 1.54) is 0 Å². The molecule has 6 nitrogen and oxygen atoms in total. The van der Waals surface area contributed by atoms with Gasteiger partial charge >= 0.3 is 0 Å². The van der Waals surface area contributed by atoms with Gasteiger partial charge in [-0.3, -0.25) is 9.59 Å². The molecule has 0 atom stereocenters. The third-order valence-corrected chi connectivity index (χ3v) is 4.83. The lowest BCUT2D eigenvalue weighted by Gasteiger charge is -2.33. The predicted octanol–water partition coefficient (Wildman–Crippen LogP) is 2.29. The summed E-state index contributed by atoms with van der Waals surface area (Å²) in [6.45, 7) is 4.01. The number of hydrogen-bond acceptors (Lipinski definition) is 4. The molecule has 1 aromatic rings. The van der Waals surface area contributed by atoms with Crippen LogP contribution < -0.4 is 11.1 Å². The summed E-state index contributed by atoms with van der Waals surface area (Å²) in [5, 5.41) is 3.44. The standard InChI is InChI=1S/C22H32N4O2/c1-4-5-6-7-8-17-9-10-20(19(15-17)22(23)28)24-18-11-13-26(14-12-18)21(27)16-25(2)3/h9-10,15,18,24H,4-6,11-14,16H2,1-3H3,(H2,23,28). The summed E-state index contributed by atoms with van der Waals surface area (Å²) in [4.78, 5) is 27.9. The molecule has 1 aliphatic heterocycles. The minimum Gasteiger partial charge on any atom is -0.382 e. The lowest BCUT2D eigenvalue weighted by atomic mass is 10.0. The average Bonchev–Trinajstić information content (AvgIpc) is 2.66. The fraction of sp³-hybridized carbons (Fsp3) is 0.545. The van der Waals surface area contributed by atoms with Crippen LogP contribution in [0.3, 0.4) is 0 Å². The lowest BCUT2D eigenvalue weighted by Crippen LogP contribution is -2.45. The minimum atomic E-state index is -0.460. The summed E-state index contributed by atoms with van der Waals surface area (Å²) in [5.41, 5.74) is 7.60. The average molecular weight is 385 g/mol. The topological polar surface area (TPSA) is 78.7 Å². The Labute approximate surface area is 168 Å². The summed E-state index contributed by atoms with van der Waals surface area (Å²) in [6.07, 6.45) is 4.73. The summed E-state index contributed by atoms with van der Waals surface area (Å²) in [7, 11) is 3.80. The van der Waals surface area contributed by atoms with Gasteiger partial charge in [-0.25, -0.2) is 0 Å². The van der Waals surface area contributed by atoms with Crippen molar-refractivity contribution in [3.63, 3.8) is 0 Å². The van der Waals surface area contributed by atoms with Gasteiger partial charge in [0.2, 0.25) is 5.91 Å². The molecule has 1 fully saturated rings. The molecule has 1 saturated heterocycles. The first-order chi connectivity index (χ1) is 13.4. The number of unbranched alkanes of at least 4 members (excludes halogenated alkanes) is 2. The maximum Gasteiger partial charge on any atom is 0.250 e. The number of carbonyl (C=O) groups excluding carboxylic acids is 2. The maximum absolute atomic E-state index is 12.2. The second-order valence-corrected chi connectivity index (χ2v) is 7.57. The molecule has 152 valence electrons. The monoisotopic (exact) mass is 384 g/mol. The third kappa shape index (κ3) is 6.58. The molecule has 0 radical (unpaired) electrons. The Morgan fingerprint density at radius 2 is 2.00 bits per heavy atom. The van der Waals surface area contributed by atoms with E-state index in [2.05, 4.69) is 24.1 Å². The van der Waals surface area contributed by atoms with Crippen molar-refractivity contribution in [2.45, 2.75) is 45.1 Å². The summed E-state index contributed by atoms with van der Waals surface area (Å²) >= 11 is 0. The quantitative estimate of drug-likeness (QED) is 0.558. The van der Waals surface area contributed by atoms with Gasteiger partial charge in [0.05, 0.1) is 12.1 Å². The van der Waals surface area contributed by atoms with Gasteiger partial charge in [-0.15, -0.1) is 0 Å². The summed E-state index contributed by atoms with van der Waals surface area (Å²) < 4.78 is 0. The molecule has 1 aromatic carbocycles. The number of carbonyl (C=O) groups is 2. The molecule has 0 aromatic heterocycles. The van der Waals surface area contributed by atoms with Crippen molar-refractivity contribution in [3.05, 3.63) is 29.3 Å². The Hall–Kier alpha value is -2.52. The van der Waals surface area contributed by atoms with Gasteiger partial charge < -0.3 is 20.9 Å². The molecular formula is C22H32N4O2. The Morgan fingerprint density at radius 3 is 2.61 bits per heavy atom. The van der Waals surface area contributed by atoms with Crippen LogP contribution in [0.4, 0.5) is 5.69 Å². The predicted molar refractivity (Wildman–Crippen MR) is 113 cm³/mol. The zero-order valence-corrected chi connectivity index (χ0v) is 17.3. The number of amides is 2. The van der Waals surface area contributed by atoms with Crippen molar-refractivity contribution < 1.29 is 9.59 Å². The number of likely N-dealkylation sites (N-methyl/N-ethyl adjacent to an activating group) is 1. The maximum atomic E-state index is 12.2. The molecule has 0 bridgehead atoms. The number of piperidine rings is 1. The first kappa shape index (κ1) is 21.8. The first-order valence-corrected chi connectivity index (χ1v) is 10.0. The van der Waals surface area contributed by atoms with Crippen LogP contribution >= 0.6 is 0 Å². The van der Waals surface area contributed by atoms with Crippen molar-refractivity contribution in [2.24, 2.45) is 5.73 Å².